The maximum absolute atomic E-state index is 12.6. The molecule has 1 aromatic rings. The van der Waals surface area contributed by atoms with Crippen LogP contribution in [0.2, 0.25) is 0 Å². The van der Waals surface area contributed by atoms with E-state index < -0.39 is 5.54 Å². The normalized spacial score (nSPS) is 25.4. The van der Waals surface area contributed by atoms with Gasteiger partial charge in [-0.3, -0.25) is 4.79 Å². The minimum absolute atomic E-state index is 0.0574. The number of aliphatic hydroxyl groups excluding tert-OH is 1. The van der Waals surface area contributed by atoms with Crippen molar-refractivity contribution in [3.8, 4) is 5.75 Å². The number of hydrogen-bond donors (Lipinski definition) is 3. The molecule has 2 rings (SSSR count). The summed E-state index contributed by atoms with van der Waals surface area (Å²) in [7, 11) is 1.51. The summed E-state index contributed by atoms with van der Waals surface area (Å²) in [4.78, 5) is 12.6. The van der Waals surface area contributed by atoms with Crippen LogP contribution in [0.3, 0.4) is 0 Å². The lowest BCUT2D eigenvalue weighted by Crippen LogP contribution is -2.54. The largest absolute Gasteiger partial charge is 0.496 e. The first-order valence-electron chi connectivity index (χ1n) is 7.37. The predicted octanol–water partition coefficient (Wildman–Crippen LogP) is 1.95. The van der Waals surface area contributed by atoms with Gasteiger partial charge in [0.1, 0.15) is 11.3 Å². The number of hydrogen-bond acceptors (Lipinski definition) is 4. The molecule has 0 aliphatic heterocycles. The number of anilines is 1. The van der Waals surface area contributed by atoms with Gasteiger partial charge in [-0.2, -0.15) is 0 Å². The van der Waals surface area contributed by atoms with E-state index in [1.54, 1.807) is 18.2 Å². The van der Waals surface area contributed by atoms with E-state index in [0.717, 1.165) is 25.7 Å². The highest BCUT2D eigenvalue weighted by molar-refractivity contribution is 6.02. The highest BCUT2D eigenvalue weighted by Gasteiger charge is 2.36. The van der Waals surface area contributed by atoms with Gasteiger partial charge >= 0.3 is 0 Å². The zero-order valence-corrected chi connectivity index (χ0v) is 12.7. The van der Waals surface area contributed by atoms with Crippen molar-refractivity contribution in [2.24, 2.45) is 5.92 Å². The first-order chi connectivity index (χ1) is 10.0. The number of benzene rings is 1. The highest BCUT2D eigenvalue weighted by atomic mass is 16.5. The molecule has 0 spiro atoms. The summed E-state index contributed by atoms with van der Waals surface area (Å²) in [5.74, 6) is 0.652. The lowest BCUT2D eigenvalue weighted by atomic mass is 9.76. The number of rotatable bonds is 4. The Morgan fingerprint density at radius 3 is 2.95 bits per heavy atom. The third-order valence-corrected chi connectivity index (χ3v) is 4.28. The SMILES string of the molecule is COc1cccc(N)c1C(=O)NC1(CO)CCCC(C)C1. The Morgan fingerprint density at radius 1 is 1.57 bits per heavy atom. The van der Waals surface area contributed by atoms with Gasteiger partial charge in [0.25, 0.3) is 5.91 Å². The van der Waals surface area contributed by atoms with Crippen LogP contribution in [-0.2, 0) is 0 Å². The number of nitrogen functional groups attached to an aromatic ring is 1. The molecular weight excluding hydrogens is 268 g/mol. The van der Waals surface area contributed by atoms with E-state index in [9.17, 15) is 9.90 Å². The van der Waals surface area contributed by atoms with Crippen LogP contribution in [0.25, 0.3) is 0 Å². The van der Waals surface area contributed by atoms with E-state index in [0.29, 0.717) is 22.9 Å². The molecule has 0 heterocycles. The smallest absolute Gasteiger partial charge is 0.257 e. The Labute approximate surface area is 125 Å². The number of aliphatic hydroxyl groups is 1. The molecule has 0 aromatic heterocycles. The van der Waals surface area contributed by atoms with Crippen molar-refractivity contribution in [2.45, 2.75) is 38.1 Å². The fourth-order valence-corrected chi connectivity index (χ4v) is 3.22. The van der Waals surface area contributed by atoms with E-state index in [1.807, 2.05) is 0 Å². The summed E-state index contributed by atoms with van der Waals surface area (Å²) in [6, 6.07) is 5.13. The topological polar surface area (TPSA) is 84.6 Å². The number of methoxy groups -OCH3 is 1. The Morgan fingerprint density at radius 2 is 2.33 bits per heavy atom. The quantitative estimate of drug-likeness (QED) is 0.741. The fraction of sp³-hybridized carbons (Fsp3) is 0.562. The number of nitrogens with two attached hydrogens (primary N) is 1. The van der Waals surface area contributed by atoms with Gasteiger partial charge in [0, 0.05) is 5.69 Å². The molecule has 1 fully saturated rings. The van der Waals surface area contributed by atoms with Crippen molar-refractivity contribution >= 4 is 11.6 Å². The molecule has 1 aliphatic rings. The summed E-state index contributed by atoms with van der Waals surface area (Å²) in [6.07, 6.45) is 3.71. The average Bonchev–Trinajstić information content (AvgIpc) is 2.46. The van der Waals surface area contributed by atoms with Crippen LogP contribution < -0.4 is 15.8 Å². The summed E-state index contributed by atoms with van der Waals surface area (Å²) < 4.78 is 5.22. The molecule has 1 aromatic carbocycles. The second-order valence-electron chi connectivity index (χ2n) is 6.02. The molecule has 116 valence electrons. The molecule has 4 N–H and O–H groups in total. The van der Waals surface area contributed by atoms with Crippen LogP contribution in [-0.4, -0.2) is 30.3 Å². The first-order valence-corrected chi connectivity index (χ1v) is 7.37. The average molecular weight is 292 g/mol. The molecule has 1 amide bonds. The van der Waals surface area contributed by atoms with Crippen molar-refractivity contribution in [1.29, 1.82) is 0 Å². The lowest BCUT2D eigenvalue weighted by molar-refractivity contribution is 0.0695. The summed E-state index contributed by atoms with van der Waals surface area (Å²) in [6.45, 7) is 2.09. The third-order valence-electron chi connectivity index (χ3n) is 4.28. The van der Waals surface area contributed by atoms with Crippen LogP contribution in [0.1, 0.15) is 43.0 Å². The number of nitrogens with one attached hydrogen (secondary N) is 1. The standard InChI is InChI=1S/C16H24N2O3/c1-11-5-4-8-16(9-11,10-19)18-15(20)14-12(17)6-3-7-13(14)21-2/h3,6-7,11,19H,4-5,8-10,17H2,1-2H3,(H,18,20). The van der Waals surface area contributed by atoms with Gasteiger partial charge < -0.3 is 20.9 Å². The summed E-state index contributed by atoms with van der Waals surface area (Å²) >= 11 is 0. The zero-order chi connectivity index (χ0) is 15.5. The van der Waals surface area contributed by atoms with Gasteiger partial charge in [-0.15, -0.1) is 0 Å². The van der Waals surface area contributed by atoms with Crippen LogP contribution in [0.15, 0.2) is 18.2 Å². The molecule has 5 nitrogen and oxygen atoms in total. The molecule has 1 saturated carbocycles. The molecular formula is C16H24N2O3. The van der Waals surface area contributed by atoms with Crippen molar-refractivity contribution in [1.82, 2.24) is 5.32 Å². The Bertz CT molecular complexity index is 518. The Hall–Kier alpha value is -1.75. The van der Waals surface area contributed by atoms with E-state index in [1.165, 1.54) is 7.11 Å². The Kier molecular flexibility index (Phi) is 4.73. The molecule has 2 unspecified atom stereocenters. The van der Waals surface area contributed by atoms with E-state index in [2.05, 4.69) is 12.2 Å². The number of amides is 1. The van der Waals surface area contributed by atoms with Gasteiger partial charge in [0.2, 0.25) is 0 Å². The molecule has 0 radical (unpaired) electrons. The van der Waals surface area contributed by atoms with Gasteiger partial charge in [-0.25, -0.2) is 0 Å². The first kappa shape index (κ1) is 15.6. The number of carbonyl (C=O) groups excluding carboxylic acids is 1. The van der Waals surface area contributed by atoms with Crippen molar-refractivity contribution in [3.63, 3.8) is 0 Å². The fourth-order valence-electron chi connectivity index (χ4n) is 3.22. The zero-order valence-electron chi connectivity index (χ0n) is 12.7. The van der Waals surface area contributed by atoms with Crippen molar-refractivity contribution in [3.05, 3.63) is 23.8 Å². The van der Waals surface area contributed by atoms with Crippen LogP contribution in [0.4, 0.5) is 5.69 Å². The van der Waals surface area contributed by atoms with Gasteiger partial charge in [-0.1, -0.05) is 25.8 Å². The lowest BCUT2D eigenvalue weighted by Gasteiger charge is -2.39. The maximum atomic E-state index is 12.6. The van der Waals surface area contributed by atoms with Gasteiger partial charge in [0.15, 0.2) is 0 Å². The molecule has 5 heteroatoms. The monoisotopic (exact) mass is 292 g/mol. The van der Waals surface area contributed by atoms with Gasteiger partial charge in [-0.05, 0) is 30.9 Å². The second kappa shape index (κ2) is 6.35. The Balaban J connectivity index is 2.24. The molecule has 0 saturated heterocycles. The second-order valence-corrected chi connectivity index (χ2v) is 6.02. The molecule has 2 atom stereocenters. The molecule has 0 bridgehead atoms. The van der Waals surface area contributed by atoms with Crippen LogP contribution >= 0.6 is 0 Å². The molecule has 1 aliphatic carbocycles. The highest BCUT2D eigenvalue weighted by Crippen LogP contribution is 2.33. The summed E-state index contributed by atoms with van der Waals surface area (Å²) in [5, 5.41) is 12.8. The van der Waals surface area contributed by atoms with Crippen LogP contribution in [0.5, 0.6) is 5.75 Å². The number of ether oxygens (including phenoxy) is 1. The third kappa shape index (κ3) is 3.29. The predicted molar refractivity (Wildman–Crippen MR) is 82.3 cm³/mol. The minimum atomic E-state index is -0.554. The van der Waals surface area contributed by atoms with E-state index >= 15 is 0 Å². The minimum Gasteiger partial charge on any atom is -0.496 e. The van der Waals surface area contributed by atoms with E-state index in [4.69, 9.17) is 10.5 Å². The number of carbonyl (C=O) groups is 1. The molecule has 21 heavy (non-hydrogen) atoms. The van der Waals surface area contributed by atoms with Crippen molar-refractivity contribution in [2.75, 3.05) is 19.5 Å². The van der Waals surface area contributed by atoms with Crippen molar-refractivity contribution < 1.29 is 14.6 Å². The van der Waals surface area contributed by atoms with E-state index in [-0.39, 0.29) is 12.5 Å². The maximum Gasteiger partial charge on any atom is 0.257 e. The van der Waals surface area contributed by atoms with Gasteiger partial charge in [0.05, 0.1) is 19.3 Å². The van der Waals surface area contributed by atoms with Crippen LogP contribution in [0, 0.1) is 5.92 Å². The summed E-state index contributed by atoms with van der Waals surface area (Å²) in [5.41, 5.74) is 6.08.